The van der Waals surface area contributed by atoms with Gasteiger partial charge in [0.05, 0.1) is 16.1 Å². The van der Waals surface area contributed by atoms with Crippen LogP contribution in [0.15, 0.2) is 18.2 Å². The van der Waals surface area contributed by atoms with E-state index in [0.29, 0.717) is 23.1 Å². The first kappa shape index (κ1) is 17.2. The zero-order valence-corrected chi connectivity index (χ0v) is 13.3. The van der Waals surface area contributed by atoms with E-state index in [2.05, 4.69) is 5.32 Å². The standard InChI is InChI=1S/C14H19Cl2NO3/c1-9(20-3)14(18)17-13(6-7-19-2)10-4-5-11(15)12(16)8-10/h4-5,8-9,13H,6-7H2,1-3H3,(H,17,18)/t9-,13-/m1/s1. The predicted molar refractivity (Wildman–Crippen MR) is 80.3 cm³/mol. The summed E-state index contributed by atoms with van der Waals surface area (Å²) in [5.41, 5.74) is 0.883. The SMILES string of the molecule is COCC[C@@H](NC(=O)[C@@H](C)OC)c1ccc(Cl)c(Cl)c1. The van der Waals surface area contributed by atoms with E-state index in [1.54, 1.807) is 26.2 Å². The van der Waals surface area contributed by atoms with Gasteiger partial charge in [-0.3, -0.25) is 4.79 Å². The minimum absolute atomic E-state index is 0.181. The molecule has 6 heteroatoms. The normalized spacial score (nSPS) is 13.8. The molecule has 0 saturated carbocycles. The molecule has 0 radical (unpaired) electrons. The quantitative estimate of drug-likeness (QED) is 0.839. The summed E-state index contributed by atoms with van der Waals surface area (Å²) in [4.78, 5) is 11.9. The molecule has 1 aromatic rings. The fraction of sp³-hybridized carbons (Fsp3) is 0.500. The van der Waals surface area contributed by atoms with Gasteiger partial charge in [0.1, 0.15) is 6.10 Å². The van der Waals surface area contributed by atoms with Gasteiger partial charge in [0, 0.05) is 20.8 Å². The number of hydrogen-bond donors (Lipinski definition) is 1. The molecule has 1 aromatic carbocycles. The number of ether oxygens (including phenoxy) is 2. The summed E-state index contributed by atoms with van der Waals surface area (Å²) < 4.78 is 10.1. The Bertz CT molecular complexity index is 454. The van der Waals surface area contributed by atoms with Crippen molar-refractivity contribution in [3.05, 3.63) is 33.8 Å². The third-order valence-electron chi connectivity index (χ3n) is 3.00. The minimum atomic E-state index is -0.511. The first-order chi connectivity index (χ1) is 9.49. The first-order valence-corrected chi connectivity index (χ1v) is 7.02. The van der Waals surface area contributed by atoms with Gasteiger partial charge in [-0.05, 0) is 31.0 Å². The summed E-state index contributed by atoms with van der Waals surface area (Å²) >= 11 is 11.9. The average molecular weight is 320 g/mol. The maximum Gasteiger partial charge on any atom is 0.249 e. The number of amides is 1. The second kappa shape index (κ2) is 8.47. The van der Waals surface area contributed by atoms with Gasteiger partial charge in [0.25, 0.3) is 0 Å². The molecule has 0 unspecified atom stereocenters. The fourth-order valence-corrected chi connectivity index (χ4v) is 1.99. The van der Waals surface area contributed by atoms with Crippen molar-refractivity contribution in [2.75, 3.05) is 20.8 Å². The van der Waals surface area contributed by atoms with Crippen molar-refractivity contribution in [1.29, 1.82) is 0 Å². The van der Waals surface area contributed by atoms with Gasteiger partial charge in [-0.1, -0.05) is 29.3 Å². The summed E-state index contributed by atoms with van der Waals surface area (Å²) in [6.07, 6.45) is 0.124. The Balaban J connectivity index is 2.87. The van der Waals surface area contributed by atoms with Crippen LogP contribution in [0.4, 0.5) is 0 Å². The van der Waals surface area contributed by atoms with Crippen molar-refractivity contribution < 1.29 is 14.3 Å². The summed E-state index contributed by atoms with van der Waals surface area (Å²) in [6.45, 7) is 2.21. The molecule has 0 aliphatic rings. The van der Waals surface area contributed by atoms with E-state index in [0.717, 1.165) is 5.56 Å². The number of benzene rings is 1. The summed E-state index contributed by atoms with van der Waals surface area (Å²) in [6, 6.07) is 5.11. The van der Waals surface area contributed by atoms with Gasteiger partial charge in [0.15, 0.2) is 0 Å². The van der Waals surface area contributed by atoms with Crippen LogP contribution in [-0.2, 0) is 14.3 Å². The maximum absolute atomic E-state index is 11.9. The number of rotatable bonds is 7. The molecule has 0 aliphatic heterocycles. The lowest BCUT2D eigenvalue weighted by Gasteiger charge is -2.21. The smallest absolute Gasteiger partial charge is 0.249 e. The highest BCUT2D eigenvalue weighted by Gasteiger charge is 2.19. The number of hydrogen-bond acceptors (Lipinski definition) is 3. The number of nitrogens with one attached hydrogen (secondary N) is 1. The molecule has 1 rings (SSSR count). The van der Waals surface area contributed by atoms with Crippen LogP contribution < -0.4 is 5.32 Å². The lowest BCUT2D eigenvalue weighted by molar-refractivity contribution is -0.131. The molecule has 0 aliphatic carbocycles. The lowest BCUT2D eigenvalue weighted by atomic mass is 10.0. The largest absolute Gasteiger partial charge is 0.385 e. The molecule has 4 nitrogen and oxygen atoms in total. The molecule has 1 amide bonds. The second-order valence-electron chi connectivity index (χ2n) is 4.39. The summed E-state index contributed by atoms with van der Waals surface area (Å²) in [7, 11) is 3.11. The van der Waals surface area contributed by atoms with Crippen LogP contribution in [0.1, 0.15) is 24.9 Å². The summed E-state index contributed by atoms with van der Waals surface area (Å²) in [5, 5.41) is 3.86. The third kappa shape index (κ3) is 4.94. The Morgan fingerprint density at radius 3 is 2.55 bits per heavy atom. The molecule has 0 fully saturated rings. The number of carbonyl (C=O) groups excluding carboxylic acids is 1. The molecule has 20 heavy (non-hydrogen) atoms. The van der Waals surface area contributed by atoms with Crippen molar-refractivity contribution in [3.63, 3.8) is 0 Å². The van der Waals surface area contributed by atoms with E-state index in [1.165, 1.54) is 7.11 Å². The van der Waals surface area contributed by atoms with Crippen molar-refractivity contribution in [1.82, 2.24) is 5.32 Å². The summed E-state index contributed by atoms with van der Waals surface area (Å²) in [5.74, 6) is -0.181. The van der Waals surface area contributed by atoms with Gasteiger partial charge >= 0.3 is 0 Å². The first-order valence-electron chi connectivity index (χ1n) is 6.26. The molecule has 1 N–H and O–H groups in total. The van der Waals surface area contributed by atoms with E-state index in [4.69, 9.17) is 32.7 Å². The van der Waals surface area contributed by atoms with Crippen LogP contribution in [0.25, 0.3) is 0 Å². The average Bonchev–Trinajstić information content (AvgIpc) is 2.45. The van der Waals surface area contributed by atoms with Gasteiger partial charge in [-0.2, -0.15) is 0 Å². The van der Waals surface area contributed by atoms with Gasteiger partial charge in [0.2, 0.25) is 5.91 Å². The second-order valence-corrected chi connectivity index (χ2v) is 5.21. The van der Waals surface area contributed by atoms with E-state index in [1.807, 2.05) is 6.07 Å². The Morgan fingerprint density at radius 2 is 2.00 bits per heavy atom. The molecule has 0 saturated heterocycles. The highest BCUT2D eigenvalue weighted by atomic mass is 35.5. The molecule has 112 valence electrons. The van der Waals surface area contributed by atoms with Crippen molar-refractivity contribution in [2.24, 2.45) is 0 Å². The van der Waals surface area contributed by atoms with E-state index in [-0.39, 0.29) is 11.9 Å². The van der Waals surface area contributed by atoms with Crippen LogP contribution in [0.2, 0.25) is 10.0 Å². The van der Waals surface area contributed by atoms with Crippen molar-refractivity contribution in [3.8, 4) is 0 Å². The zero-order chi connectivity index (χ0) is 15.1. The van der Waals surface area contributed by atoms with E-state index >= 15 is 0 Å². The van der Waals surface area contributed by atoms with Gasteiger partial charge < -0.3 is 14.8 Å². The van der Waals surface area contributed by atoms with Crippen LogP contribution in [0, 0.1) is 0 Å². The monoisotopic (exact) mass is 319 g/mol. The Kier molecular flexibility index (Phi) is 7.30. The van der Waals surface area contributed by atoms with Gasteiger partial charge in [-0.15, -0.1) is 0 Å². The van der Waals surface area contributed by atoms with Crippen molar-refractivity contribution in [2.45, 2.75) is 25.5 Å². The lowest BCUT2D eigenvalue weighted by Crippen LogP contribution is -2.37. The zero-order valence-electron chi connectivity index (χ0n) is 11.8. The number of carbonyl (C=O) groups is 1. The van der Waals surface area contributed by atoms with Crippen molar-refractivity contribution >= 4 is 29.1 Å². The number of halogens is 2. The molecule has 0 bridgehead atoms. The molecule has 0 heterocycles. The molecular formula is C14H19Cl2NO3. The Hall–Kier alpha value is -0.810. The van der Waals surface area contributed by atoms with E-state index in [9.17, 15) is 4.79 Å². The third-order valence-corrected chi connectivity index (χ3v) is 3.73. The Morgan fingerprint density at radius 1 is 1.30 bits per heavy atom. The molecule has 0 spiro atoms. The highest BCUT2D eigenvalue weighted by molar-refractivity contribution is 6.42. The topological polar surface area (TPSA) is 47.6 Å². The fourth-order valence-electron chi connectivity index (χ4n) is 1.68. The van der Waals surface area contributed by atoms with E-state index < -0.39 is 6.10 Å². The Labute approximate surface area is 129 Å². The molecule has 0 aromatic heterocycles. The highest BCUT2D eigenvalue weighted by Crippen LogP contribution is 2.27. The minimum Gasteiger partial charge on any atom is -0.385 e. The van der Waals surface area contributed by atoms with Crippen LogP contribution in [-0.4, -0.2) is 32.8 Å². The van der Waals surface area contributed by atoms with Crippen LogP contribution in [0.3, 0.4) is 0 Å². The predicted octanol–water partition coefficient (Wildman–Crippen LogP) is 3.22. The molecular weight excluding hydrogens is 301 g/mol. The number of methoxy groups -OCH3 is 2. The maximum atomic E-state index is 11.9. The van der Waals surface area contributed by atoms with Gasteiger partial charge in [-0.25, -0.2) is 0 Å². The van der Waals surface area contributed by atoms with Crippen LogP contribution >= 0.6 is 23.2 Å². The molecule has 2 atom stereocenters. The van der Waals surface area contributed by atoms with Crippen LogP contribution in [0.5, 0.6) is 0 Å².